The Morgan fingerprint density at radius 1 is 1.15 bits per heavy atom. The zero-order chi connectivity index (χ0) is 19.8. The van der Waals surface area contributed by atoms with Crippen LogP contribution in [0, 0.1) is 12.7 Å². The number of nitrogens with one attached hydrogen (secondary N) is 1. The fourth-order valence-corrected chi connectivity index (χ4v) is 2.76. The van der Waals surface area contributed by atoms with Gasteiger partial charge in [-0.3, -0.25) is 9.59 Å². The van der Waals surface area contributed by atoms with Crippen LogP contribution in [0.25, 0.3) is 0 Å². The molecule has 0 fully saturated rings. The fourth-order valence-electron chi connectivity index (χ4n) is 2.76. The van der Waals surface area contributed by atoms with E-state index < -0.39 is 11.9 Å². The SMILES string of the molecule is CCC(C(=O)NC)N(Cc1ccc(C)cc1)C(=O)COc1ccccc1F. The van der Waals surface area contributed by atoms with Gasteiger partial charge >= 0.3 is 0 Å². The summed E-state index contributed by atoms with van der Waals surface area (Å²) in [5.74, 6) is -1.15. The van der Waals surface area contributed by atoms with Crippen LogP contribution in [0.1, 0.15) is 24.5 Å². The van der Waals surface area contributed by atoms with Crippen LogP contribution in [0.15, 0.2) is 48.5 Å². The zero-order valence-electron chi connectivity index (χ0n) is 15.9. The number of nitrogens with zero attached hydrogens (tertiary/aromatic N) is 1. The second-order valence-corrected chi connectivity index (χ2v) is 6.26. The maximum Gasteiger partial charge on any atom is 0.261 e. The number of carbonyl (C=O) groups is 2. The van der Waals surface area contributed by atoms with E-state index in [2.05, 4.69) is 5.32 Å². The fraction of sp³-hybridized carbons (Fsp3) is 0.333. The van der Waals surface area contributed by atoms with Crippen molar-refractivity contribution < 1.29 is 18.7 Å². The highest BCUT2D eigenvalue weighted by Crippen LogP contribution is 2.17. The van der Waals surface area contributed by atoms with Crippen LogP contribution in [0.4, 0.5) is 4.39 Å². The number of benzene rings is 2. The van der Waals surface area contributed by atoms with Crippen molar-refractivity contribution in [3.05, 3.63) is 65.5 Å². The Hall–Kier alpha value is -2.89. The molecule has 0 aliphatic rings. The lowest BCUT2D eigenvalue weighted by molar-refractivity contribution is -0.142. The Morgan fingerprint density at radius 3 is 2.41 bits per heavy atom. The van der Waals surface area contributed by atoms with Crippen molar-refractivity contribution in [2.24, 2.45) is 0 Å². The van der Waals surface area contributed by atoms with Gasteiger partial charge in [0.2, 0.25) is 5.91 Å². The maximum atomic E-state index is 13.7. The first-order valence-electron chi connectivity index (χ1n) is 8.90. The van der Waals surface area contributed by atoms with E-state index in [1.807, 2.05) is 38.1 Å². The summed E-state index contributed by atoms with van der Waals surface area (Å²) in [6.45, 7) is 3.74. The average molecular weight is 372 g/mol. The molecule has 1 unspecified atom stereocenters. The Balaban J connectivity index is 2.19. The third-order valence-electron chi connectivity index (χ3n) is 4.29. The predicted molar refractivity (Wildman–Crippen MR) is 102 cm³/mol. The first kappa shape index (κ1) is 20.4. The topological polar surface area (TPSA) is 58.6 Å². The number of hydrogen-bond acceptors (Lipinski definition) is 3. The highest BCUT2D eigenvalue weighted by Gasteiger charge is 2.28. The lowest BCUT2D eigenvalue weighted by Gasteiger charge is -2.30. The van der Waals surface area contributed by atoms with Gasteiger partial charge in [-0.25, -0.2) is 4.39 Å². The highest BCUT2D eigenvalue weighted by molar-refractivity contribution is 5.88. The molecular formula is C21H25FN2O3. The summed E-state index contributed by atoms with van der Waals surface area (Å²) < 4.78 is 19.1. The van der Waals surface area contributed by atoms with Gasteiger partial charge < -0.3 is 15.0 Å². The molecule has 0 aromatic heterocycles. The first-order chi connectivity index (χ1) is 13.0. The number of rotatable bonds is 8. The van der Waals surface area contributed by atoms with Gasteiger partial charge in [0.25, 0.3) is 5.91 Å². The normalized spacial score (nSPS) is 11.6. The molecule has 6 heteroatoms. The molecule has 0 saturated heterocycles. The van der Waals surface area contributed by atoms with Crippen molar-refractivity contribution in [3.8, 4) is 5.75 Å². The Labute approximate surface area is 159 Å². The van der Waals surface area contributed by atoms with Crippen molar-refractivity contribution in [3.63, 3.8) is 0 Å². The molecule has 2 rings (SSSR count). The van der Waals surface area contributed by atoms with Gasteiger partial charge in [-0.15, -0.1) is 0 Å². The molecular weight excluding hydrogens is 347 g/mol. The second kappa shape index (κ2) is 9.71. The summed E-state index contributed by atoms with van der Waals surface area (Å²) in [7, 11) is 1.54. The van der Waals surface area contributed by atoms with E-state index in [1.165, 1.54) is 24.1 Å². The van der Waals surface area contributed by atoms with E-state index >= 15 is 0 Å². The quantitative estimate of drug-likeness (QED) is 0.775. The van der Waals surface area contributed by atoms with Crippen molar-refractivity contribution in [1.29, 1.82) is 0 Å². The number of likely N-dealkylation sites (N-methyl/N-ethyl adjacent to an activating group) is 1. The van der Waals surface area contributed by atoms with Crippen LogP contribution in [0.5, 0.6) is 5.75 Å². The van der Waals surface area contributed by atoms with Crippen LogP contribution in [0.2, 0.25) is 0 Å². The molecule has 2 aromatic rings. The third-order valence-corrected chi connectivity index (χ3v) is 4.29. The Bertz CT molecular complexity index is 777. The summed E-state index contributed by atoms with van der Waals surface area (Å²) in [6, 6.07) is 13.0. The molecule has 27 heavy (non-hydrogen) atoms. The first-order valence-corrected chi connectivity index (χ1v) is 8.90. The van der Waals surface area contributed by atoms with Gasteiger partial charge in [-0.2, -0.15) is 0 Å². The number of para-hydroxylation sites is 1. The van der Waals surface area contributed by atoms with Crippen LogP contribution < -0.4 is 10.1 Å². The molecule has 1 atom stereocenters. The van der Waals surface area contributed by atoms with E-state index in [4.69, 9.17) is 4.74 Å². The van der Waals surface area contributed by atoms with Crippen LogP contribution in [0.3, 0.4) is 0 Å². The van der Waals surface area contributed by atoms with Crippen molar-refractivity contribution in [2.45, 2.75) is 32.9 Å². The van der Waals surface area contributed by atoms with Crippen molar-refractivity contribution in [1.82, 2.24) is 10.2 Å². The minimum Gasteiger partial charge on any atom is -0.481 e. The largest absolute Gasteiger partial charge is 0.481 e. The summed E-state index contributed by atoms with van der Waals surface area (Å²) in [5.41, 5.74) is 2.01. The molecule has 0 aliphatic heterocycles. The Kier molecular flexibility index (Phi) is 7.34. The molecule has 0 heterocycles. The maximum absolute atomic E-state index is 13.7. The molecule has 144 valence electrons. The van der Waals surface area contributed by atoms with E-state index in [0.29, 0.717) is 6.42 Å². The lowest BCUT2D eigenvalue weighted by atomic mass is 10.1. The van der Waals surface area contributed by atoms with Crippen molar-refractivity contribution >= 4 is 11.8 Å². The summed E-state index contributed by atoms with van der Waals surface area (Å²) in [5, 5.41) is 2.60. The van der Waals surface area contributed by atoms with Crippen LogP contribution >= 0.6 is 0 Å². The van der Waals surface area contributed by atoms with E-state index in [9.17, 15) is 14.0 Å². The standard InChI is InChI=1S/C21H25FN2O3/c1-4-18(21(26)23-3)24(13-16-11-9-15(2)10-12-16)20(25)14-27-19-8-6-5-7-17(19)22/h5-12,18H,4,13-14H2,1-3H3,(H,23,26). The molecule has 0 aliphatic carbocycles. The van der Waals surface area contributed by atoms with Gasteiger partial charge in [-0.1, -0.05) is 48.9 Å². The van der Waals surface area contributed by atoms with Gasteiger partial charge in [0.1, 0.15) is 6.04 Å². The zero-order valence-corrected chi connectivity index (χ0v) is 15.9. The third kappa shape index (κ3) is 5.54. The number of halogens is 1. The molecule has 1 N–H and O–H groups in total. The molecule has 2 aromatic carbocycles. The molecule has 0 spiro atoms. The molecule has 0 saturated carbocycles. The van der Waals surface area contributed by atoms with Crippen LogP contribution in [-0.4, -0.2) is 36.4 Å². The molecule has 5 nitrogen and oxygen atoms in total. The molecule has 2 amide bonds. The van der Waals surface area contributed by atoms with Crippen LogP contribution in [-0.2, 0) is 16.1 Å². The van der Waals surface area contributed by atoms with Gasteiger partial charge in [-0.05, 0) is 31.0 Å². The minimum absolute atomic E-state index is 0.00845. The number of amides is 2. The van der Waals surface area contributed by atoms with E-state index in [-0.39, 0.29) is 30.7 Å². The predicted octanol–water partition coefficient (Wildman–Crippen LogP) is 3.07. The summed E-state index contributed by atoms with van der Waals surface area (Å²) in [6.07, 6.45) is 0.455. The van der Waals surface area contributed by atoms with E-state index in [1.54, 1.807) is 12.1 Å². The number of aryl methyl sites for hydroxylation is 1. The second-order valence-electron chi connectivity index (χ2n) is 6.26. The molecule has 0 bridgehead atoms. The summed E-state index contributed by atoms with van der Waals surface area (Å²) in [4.78, 5) is 26.6. The molecule has 0 radical (unpaired) electrons. The highest BCUT2D eigenvalue weighted by atomic mass is 19.1. The summed E-state index contributed by atoms with van der Waals surface area (Å²) >= 11 is 0. The number of carbonyl (C=O) groups excluding carboxylic acids is 2. The number of hydrogen-bond donors (Lipinski definition) is 1. The van der Waals surface area contributed by atoms with Gasteiger partial charge in [0.05, 0.1) is 0 Å². The van der Waals surface area contributed by atoms with E-state index in [0.717, 1.165) is 11.1 Å². The minimum atomic E-state index is -0.631. The average Bonchev–Trinajstić information content (AvgIpc) is 2.68. The Morgan fingerprint density at radius 2 is 1.81 bits per heavy atom. The van der Waals surface area contributed by atoms with Gasteiger partial charge in [0, 0.05) is 13.6 Å². The van der Waals surface area contributed by atoms with Crippen molar-refractivity contribution in [2.75, 3.05) is 13.7 Å². The van der Waals surface area contributed by atoms with Gasteiger partial charge in [0.15, 0.2) is 18.2 Å². The monoisotopic (exact) mass is 372 g/mol. The number of ether oxygens (including phenoxy) is 1. The lowest BCUT2D eigenvalue weighted by Crippen LogP contribution is -2.49. The smallest absolute Gasteiger partial charge is 0.261 e.